The number of aliphatic hydroxyl groups excluding tert-OH is 1. The van der Waals surface area contributed by atoms with Crippen LogP contribution in [0.15, 0.2) is 6.07 Å². The third-order valence-corrected chi connectivity index (χ3v) is 4.38. The highest BCUT2D eigenvalue weighted by Gasteiger charge is 2.21. The first kappa shape index (κ1) is 16.3. The molecule has 0 aliphatic carbocycles. The summed E-state index contributed by atoms with van der Waals surface area (Å²) < 4.78 is 5.68. The molecule has 118 valence electrons. The molecule has 1 aliphatic heterocycles. The van der Waals surface area contributed by atoms with Crippen LogP contribution in [-0.4, -0.2) is 49.3 Å². The van der Waals surface area contributed by atoms with E-state index in [-0.39, 0.29) is 0 Å². The lowest BCUT2D eigenvalue weighted by molar-refractivity contribution is 0.104. The molecule has 1 aromatic rings. The quantitative estimate of drug-likeness (QED) is 0.871. The van der Waals surface area contributed by atoms with Crippen LogP contribution in [0, 0.1) is 20.8 Å². The van der Waals surface area contributed by atoms with E-state index in [4.69, 9.17) is 4.74 Å². The molecule has 0 spiro atoms. The summed E-state index contributed by atoms with van der Waals surface area (Å²) >= 11 is 0. The molecule has 1 aliphatic rings. The number of ether oxygens (including phenoxy) is 1. The smallest absolute Gasteiger partial charge is 0.122 e. The summed E-state index contributed by atoms with van der Waals surface area (Å²) in [7, 11) is 0. The number of nitrogens with zero attached hydrogens (tertiary/aromatic N) is 1. The van der Waals surface area contributed by atoms with Gasteiger partial charge in [-0.25, -0.2) is 0 Å². The Morgan fingerprint density at radius 3 is 2.52 bits per heavy atom. The van der Waals surface area contributed by atoms with Gasteiger partial charge in [0, 0.05) is 32.7 Å². The minimum absolute atomic E-state index is 0.433. The van der Waals surface area contributed by atoms with Gasteiger partial charge < -0.3 is 15.2 Å². The van der Waals surface area contributed by atoms with Crippen molar-refractivity contribution in [3.8, 4) is 5.75 Å². The zero-order chi connectivity index (χ0) is 15.4. The highest BCUT2D eigenvalue weighted by Crippen LogP contribution is 2.31. The summed E-state index contributed by atoms with van der Waals surface area (Å²) in [5.74, 6) is 0.936. The lowest BCUT2D eigenvalue weighted by Gasteiger charge is -2.30. The van der Waals surface area contributed by atoms with Crippen molar-refractivity contribution in [3.63, 3.8) is 0 Å². The zero-order valence-electron chi connectivity index (χ0n) is 13.7. The zero-order valence-corrected chi connectivity index (χ0v) is 13.7. The van der Waals surface area contributed by atoms with Crippen molar-refractivity contribution in [3.05, 3.63) is 28.3 Å². The highest BCUT2D eigenvalue weighted by molar-refractivity contribution is 5.49. The van der Waals surface area contributed by atoms with Gasteiger partial charge in [0.2, 0.25) is 0 Å². The second-order valence-electron chi connectivity index (χ2n) is 5.85. The number of hydrogen-bond acceptors (Lipinski definition) is 4. The molecular weight excluding hydrogens is 264 g/mol. The van der Waals surface area contributed by atoms with Gasteiger partial charge in [-0.05, 0) is 56.0 Å². The first-order valence-corrected chi connectivity index (χ1v) is 7.89. The molecule has 1 aromatic carbocycles. The van der Waals surface area contributed by atoms with Gasteiger partial charge in [0.25, 0.3) is 0 Å². The van der Waals surface area contributed by atoms with Crippen LogP contribution in [-0.2, 0) is 0 Å². The fourth-order valence-electron chi connectivity index (χ4n) is 3.11. The summed E-state index contributed by atoms with van der Waals surface area (Å²) in [4.78, 5) is 2.33. The maximum Gasteiger partial charge on any atom is 0.122 e. The lowest BCUT2D eigenvalue weighted by atomic mass is 9.93. The lowest BCUT2D eigenvalue weighted by Crippen LogP contribution is -2.45. The molecule has 0 radical (unpaired) electrons. The molecule has 0 amide bonds. The van der Waals surface area contributed by atoms with Crippen LogP contribution in [0.2, 0.25) is 0 Å². The molecule has 0 saturated carbocycles. The minimum atomic E-state index is -0.433. The van der Waals surface area contributed by atoms with Crippen molar-refractivity contribution >= 4 is 0 Å². The molecular formula is C17H28N2O2. The van der Waals surface area contributed by atoms with Crippen LogP contribution in [0.3, 0.4) is 0 Å². The molecule has 1 heterocycles. The predicted molar refractivity (Wildman–Crippen MR) is 86.1 cm³/mol. The maximum atomic E-state index is 10.7. The van der Waals surface area contributed by atoms with E-state index < -0.39 is 6.10 Å². The summed E-state index contributed by atoms with van der Waals surface area (Å²) in [5.41, 5.74) is 4.47. The summed E-state index contributed by atoms with van der Waals surface area (Å²) in [6, 6.07) is 2.06. The number of piperazine rings is 1. The van der Waals surface area contributed by atoms with Crippen molar-refractivity contribution in [2.45, 2.75) is 33.8 Å². The number of aliphatic hydroxyl groups is 1. The maximum absolute atomic E-state index is 10.7. The van der Waals surface area contributed by atoms with Crippen molar-refractivity contribution in [1.82, 2.24) is 10.2 Å². The van der Waals surface area contributed by atoms with E-state index in [2.05, 4.69) is 37.1 Å². The number of β-amino-alcohol motifs (C(OH)–C–C–N with tert-alkyl or cyclic N) is 1. The predicted octanol–water partition coefficient (Wildman–Crippen LogP) is 1.95. The second kappa shape index (κ2) is 7.25. The average molecular weight is 292 g/mol. The van der Waals surface area contributed by atoms with Crippen LogP contribution in [0.1, 0.15) is 35.3 Å². The van der Waals surface area contributed by atoms with Crippen LogP contribution in [0.5, 0.6) is 5.75 Å². The van der Waals surface area contributed by atoms with Gasteiger partial charge in [-0.3, -0.25) is 4.90 Å². The van der Waals surface area contributed by atoms with E-state index in [0.717, 1.165) is 54.2 Å². The van der Waals surface area contributed by atoms with E-state index in [0.29, 0.717) is 13.2 Å². The van der Waals surface area contributed by atoms with Crippen molar-refractivity contribution in [1.29, 1.82) is 0 Å². The Bertz CT molecular complexity index is 482. The largest absolute Gasteiger partial charge is 0.494 e. The third-order valence-electron chi connectivity index (χ3n) is 4.38. The van der Waals surface area contributed by atoms with Crippen molar-refractivity contribution in [2.24, 2.45) is 0 Å². The van der Waals surface area contributed by atoms with Gasteiger partial charge in [-0.15, -0.1) is 0 Å². The first-order chi connectivity index (χ1) is 10.0. The molecule has 4 nitrogen and oxygen atoms in total. The number of hydrogen-bond donors (Lipinski definition) is 2. The van der Waals surface area contributed by atoms with E-state index in [9.17, 15) is 5.11 Å². The first-order valence-electron chi connectivity index (χ1n) is 7.89. The summed E-state index contributed by atoms with van der Waals surface area (Å²) in [6.45, 7) is 13.6. The van der Waals surface area contributed by atoms with Gasteiger partial charge in [-0.2, -0.15) is 0 Å². The number of aryl methyl sites for hydroxylation is 1. The Labute approximate surface area is 128 Å². The Hall–Kier alpha value is -1.10. The average Bonchev–Trinajstić information content (AvgIpc) is 2.46. The van der Waals surface area contributed by atoms with Crippen LogP contribution in [0.4, 0.5) is 0 Å². The van der Waals surface area contributed by atoms with E-state index >= 15 is 0 Å². The summed E-state index contributed by atoms with van der Waals surface area (Å²) in [5, 5.41) is 14.0. The fraction of sp³-hybridized carbons (Fsp3) is 0.647. The fourth-order valence-corrected chi connectivity index (χ4v) is 3.11. The molecule has 4 heteroatoms. The number of nitrogens with one attached hydrogen (secondary N) is 1. The van der Waals surface area contributed by atoms with Crippen LogP contribution < -0.4 is 10.1 Å². The van der Waals surface area contributed by atoms with Gasteiger partial charge in [-0.1, -0.05) is 0 Å². The monoisotopic (exact) mass is 292 g/mol. The molecule has 1 saturated heterocycles. The SMILES string of the molecule is CCOc1cc(C)c(C(O)CN2CCNCC2)c(C)c1C. The van der Waals surface area contributed by atoms with Gasteiger partial charge in [0.05, 0.1) is 12.7 Å². The number of benzene rings is 1. The third kappa shape index (κ3) is 3.76. The Kier molecular flexibility index (Phi) is 5.62. The standard InChI is InChI=1S/C17H28N2O2/c1-5-21-16-10-12(2)17(14(4)13(16)3)15(20)11-19-8-6-18-7-9-19/h10,15,18,20H,5-9,11H2,1-4H3. The van der Waals surface area contributed by atoms with E-state index in [1.165, 1.54) is 0 Å². The van der Waals surface area contributed by atoms with Gasteiger partial charge in [0.15, 0.2) is 0 Å². The molecule has 21 heavy (non-hydrogen) atoms. The normalized spacial score (nSPS) is 17.8. The summed E-state index contributed by atoms with van der Waals surface area (Å²) in [6.07, 6.45) is -0.433. The Morgan fingerprint density at radius 1 is 1.24 bits per heavy atom. The van der Waals surface area contributed by atoms with E-state index in [1.807, 2.05) is 6.92 Å². The van der Waals surface area contributed by atoms with E-state index in [1.54, 1.807) is 0 Å². The Balaban J connectivity index is 2.19. The van der Waals surface area contributed by atoms with Gasteiger partial charge in [0.1, 0.15) is 5.75 Å². The van der Waals surface area contributed by atoms with Crippen molar-refractivity contribution in [2.75, 3.05) is 39.3 Å². The molecule has 1 unspecified atom stereocenters. The minimum Gasteiger partial charge on any atom is -0.494 e. The molecule has 1 fully saturated rings. The molecule has 2 N–H and O–H groups in total. The second-order valence-corrected chi connectivity index (χ2v) is 5.85. The van der Waals surface area contributed by atoms with Crippen LogP contribution in [0.25, 0.3) is 0 Å². The molecule has 0 bridgehead atoms. The Morgan fingerprint density at radius 2 is 1.90 bits per heavy atom. The topological polar surface area (TPSA) is 44.7 Å². The van der Waals surface area contributed by atoms with Crippen molar-refractivity contribution < 1.29 is 9.84 Å². The molecule has 0 aromatic heterocycles. The van der Waals surface area contributed by atoms with Crippen LogP contribution >= 0.6 is 0 Å². The number of rotatable bonds is 5. The molecule has 1 atom stereocenters. The van der Waals surface area contributed by atoms with Gasteiger partial charge >= 0.3 is 0 Å². The highest BCUT2D eigenvalue weighted by atomic mass is 16.5. The molecule has 2 rings (SSSR count).